The van der Waals surface area contributed by atoms with E-state index in [1.807, 2.05) is 6.92 Å². The van der Waals surface area contributed by atoms with Gasteiger partial charge in [0.2, 0.25) is 0 Å². The molecule has 2 aromatic rings. The molecule has 2 N–H and O–H groups in total. The lowest BCUT2D eigenvalue weighted by Gasteiger charge is -2.19. The van der Waals surface area contributed by atoms with Crippen molar-refractivity contribution < 1.29 is 23.5 Å². The average Bonchev–Trinajstić information content (AvgIpc) is 3.37. The van der Waals surface area contributed by atoms with Crippen LogP contribution < -0.4 is 20.3 Å². The molecule has 4 heterocycles. The summed E-state index contributed by atoms with van der Waals surface area (Å²) in [7, 11) is 0. The lowest BCUT2D eigenvalue weighted by molar-refractivity contribution is -0.118. The zero-order valence-electron chi connectivity index (χ0n) is 17.7. The fraction of sp³-hybridized carbons (Fsp3) is 0.455. The maximum atomic E-state index is 13.7. The van der Waals surface area contributed by atoms with E-state index < -0.39 is 6.09 Å². The number of carbonyl (C=O) groups is 2. The number of cyclic esters (lactones) is 1. The van der Waals surface area contributed by atoms with Crippen molar-refractivity contribution in [3.63, 3.8) is 0 Å². The van der Waals surface area contributed by atoms with E-state index in [0.29, 0.717) is 48.4 Å². The third-order valence-electron chi connectivity index (χ3n) is 6.15. The maximum absolute atomic E-state index is 13.7. The zero-order chi connectivity index (χ0) is 22.2. The van der Waals surface area contributed by atoms with Gasteiger partial charge in [-0.2, -0.15) is 0 Å². The van der Waals surface area contributed by atoms with Crippen molar-refractivity contribution in [2.45, 2.75) is 32.3 Å². The number of fused-ring (bicyclic) bond motifs is 2. The van der Waals surface area contributed by atoms with Crippen LogP contribution in [0.1, 0.15) is 23.2 Å². The first kappa shape index (κ1) is 20.6. The monoisotopic (exact) mass is 441 g/mol. The second kappa shape index (κ2) is 8.34. The lowest BCUT2D eigenvalue weighted by atomic mass is 10.0. The predicted octanol–water partition coefficient (Wildman–Crippen LogP) is 1.97. The van der Waals surface area contributed by atoms with Gasteiger partial charge in [-0.15, -0.1) is 0 Å². The van der Waals surface area contributed by atoms with Crippen LogP contribution in [0.3, 0.4) is 0 Å². The van der Waals surface area contributed by atoms with Crippen LogP contribution in [0.25, 0.3) is 0 Å². The number of anilines is 2. The lowest BCUT2D eigenvalue weighted by Crippen LogP contribution is -2.30. The second-order valence-corrected chi connectivity index (χ2v) is 8.39. The Morgan fingerprint density at radius 3 is 3.06 bits per heavy atom. The molecule has 9 nitrogen and oxygen atoms in total. The maximum Gasteiger partial charge on any atom is 0.415 e. The average molecular weight is 441 g/mol. The Morgan fingerprint density at radius 2 is 2.19 bits per heavy atom. The Kier molecular flexibility index (Phi) is 5.38. The van der Waals surface area contributed by atoms with Crippen molar-refractivity contribution in [2.24, 2.45) is 5.92 Å². The zero-order valence-corrected chi connectivity index (χ0v) is 17.7. The highest BCUT2D eigenvalue weighted by Gasteiger charge is 2.34. The highest BCUT2D eigenvalue weighted by molar-refractivity contribution is 5.95. The van der Waals surface area contributed by atoms with Crippen LogP contribution in [-0.2, 0) is 22.4 Å². The molecule has 168 valence electrons. The van der Waals surface area contributed by atoms with E-state index in [1.54, 1.807) is 12.1 Å². The first-order chi connectivity index (χ1) is 15.5. The van der Waals surface area contributed by atoms with Crippen molar-refractivity contribution in [2.75, 3.05) is 36.5 Å². The van der Waals surface area contributed by atoms with E-state index in [1.165, 1.54) is 11.1 Å². The summed E-state index contributed by atoms with van der Waals surface area (Å²) in [4.78, 5) is 33.9. The fourth-order valence-electron chi connectivity index (χ4n) is 4.43. The van der Waals surface area contributed by atoms with E-state index in [9.17, 15) is 14.0 Å². The molecule has 1 fully saturated rings. The standard InChI is InChI=1S/C22H24FN5O4/c1-12-15-6-13(7-17(15)25-9-16(12)23)8-24-5-4-14-10-28(22(30)32-14)19-3-2-18-21(26-19)27-20(29)11-31-18/h2-3,9,13-14,24H,4-8,10-11H2,1H3,(H,26,27,29). The van der Waals surface area contributed by atoms with Crippen molar-refractivity contribution in [3.05, 3.63) is 41.0 Å². The summed E-state index contributed by atoms with van der Waals surface area (Å²) >= 11 is 0. The van der Waals surface area contributed by atoms with Crippen LogP contribution in [0.5, 0.6) is 5.75 Å². The van der Waals surface area contributed by atoms with Gasteiger partial charge in [0.15, 0.2) is 18.2 Å². The topological polar surface area (TPSA) is 106 Å². The van der Waals surface area contributed by atoms with E-state index in [4.69, 9.17) is 9.47 Å². The van der Waals surface area contributed by atoms with Gasteiger partial charge < -0.3 is 20.1 Å². The summed E-state index contributed by atoms with van der Waals surface area (Å²) in [5.41, 5.74) is 2.74. The SMILES string of the molecule is Cc1c(F)cnc2c1CC(CNCCC1CN(c3ccc4c(n3)NC(=O)CO4)C(=O)O1)C2. The summed E-state index contributed by atoms with van der Waals surface area (Å²) in [6, 6.07) is 3.36. The van der Waals surface area contributed by atoms with Crippen LogP contribution in [0.2, 0.25) is 0 Å². The van der Waals surface area contributed by atoms with E-state index in [0.717, 1.165) is 30.6 Å². The van der Waals surface area contributed by atoms with Gasteiger partial charge in [0.25, 0.3) is 5.91 Å². The molecule has 2 unspecified atom stereocenters. The highest BCUT2D eigenvalue weighted by atomic mass is 19.1. The summed E-state index contributed by atoms with van der Waals surface area (Å²) in [6.45, 7) is 3.65. The van der Waals surface area contributed by atoms with Crippen LogP contribution in [0.15, 0.2) is 18.3 Å². The number of halogens is 1. The molecule has 1 saturated heterocycles. The molecule has 0 spiro atoms. The number of hydrogen-bond donors (Lipinski definition) is 2. The molecule has 0 saturated carbocycles. The van der Waals surface area contributed by atoms with Gasteiger partial charge in [-0.25, -0.2) is 14.2 Å². The number of amides is 2. The molecule has 2 aliphatic heterocycles. The van der Waals surface area contributed by atoms with Gasteiger partial charge in [0.05, 0.1) is 12.7 Å². The molecule has 3 aliphatic rings. The van der Waals surface area contributed by atoms with Crippen LogP contribution in [0, 0.1) is 18.7 Å². The summed E-state index contributed by atoms with van der Waals surface area (Å²) in [6.07, 6.45) is 2.94. The van der Waals surface area contributed by atoms with E-state index in [2.05, 4.69) is 20.6 Å². The predicted molar refractivity (Wildman–Crippen MR) is 113 cm³/mol. The molecule has 0 radical (unpaired) electrons. The van der Waals surface area contributed by atoms with Gasteiger partial charge in [0.1, 0.15) is 17.7 Å². The van der Waals surface area contributed by atoms with Crippen molar-refractivity contribution in [3.8, 4) is 5.75 Å². The Labute approximate surface area is 184 Å². The summed E-state index contributed by atoms with van der Waals surface area (Å²) in [5, 5.41) is 6.07. The number of carbonyl (C=O) groups excluding carboxylic acids is 2. The van der Waals surface area contributed by atoms with Gasteiger partial charge in [-0.05, 0) is 68.5 Å². The molecule has 2 aromatic heterocycles. The minimum atomic E-state index is -0.458. The first-order valence-corrected chi connectivity index (χ1v) is 10.7. The Balaban J connectivity index is 1.10. The van der Waals surface area contributed by atoms with Crippen molar-refractivity contribution in [1.82, 2.24) is 15.3 Å². The normalized spacial score (nSPS) is 21.6. The molecule has 32 heavy (non-hydrogen) atoms. The molecular formula is C22H24FN5O4. The third-order valence-corrected chi connectivity index (χ3v) is 6.15. The van der Waals surface area contributed by atoms with Gasteiger partial charge in [0, 0.05) is 5.69 Å². The Morgan fingerprint density at radius 1 is 1.31 bits per heavy atom. The van der Waals surface area contributed by atoms with Crippen LogP contribution in [0.4, 0.5) is 20.8 Å². The smallest absolute Gasteiger partial charge is 0.415 e. The van der Waals surface area contributed by atoms with Crippen LogP contribution >= 0.6 is 0 Å². The molecule has 1 aliphatic carbocycles. The third kappa shape index (κ3) is 3.97. The second-order valence-electron chi connectivity index (χ2n) is 8.39. The summed E-state index contributed by atoms with van der Waals surface area (Å²) in [5.74, 6) is 1.05. The molecule has 2 atom stereocenters. The van der Waals surface area contributed by atoms with Crippen LogP contribution in [-0.4, -0.2) is 54.3 Å². The number of nitrogens with zero attached hydrogens (tertiary/aromatic N) is 3. The van der Waals surface area contributed by atoms with Crippen molar-refractivity contribution >= 4 is 23.6 Å². The number of aromatic nitrogens is 2. The number of ether oxygens (including phenoxy) is 2. The number of hydrogen-bond acceptors (Lipinski definition) is 7. The largest absolute Gasteiger partial charge is 0.480 e. The molecule has 0 bridgehead atoms. The molecule has 5 rings (SSSR count). The van der Waals surface area contributed by atoms with E-state index >= 15 is 0 Å². The molecule has 10 heteroatoms. The molecular weight excluding hydrogens is 417 g/mol. The Bertz CT molecular complexity index is 1080. The summed E-state index contributed by atoms with van der Waals surface area (Å²) < 4.78 is 24.5. The quantitative estimate of drug-likeness (QED) is 0.661. The number of rotatable bonds is 6. The van der Waals surface area contributed by atoms with Gasteiger partial charge >= 0.3 is 6.09 Å². The van der Waals surface area contributed by atoms with Crippen molar-refractivity contribution in [1.29, 1.82) is 0 Å². The number of nitrogens with one attached hydrogen (secondary N) is 2. The molecule has 0 aromatic carbocycles. The van der Waals surface area contributed by atoms with E-state index in [-0.39, 0.29) is 24.4 Å². The minimum absolute atomic E-state index is 0.0468. The van der Waals surface area contributed by atoms with Gasteiger partial charge in [-0.1, -0.05) is 0 Å². The minimum Gasteiger partial charge on any atom is -0.480 e. The fourth-order valence-corrected chi connectivity index (χ4v) is 4.43. The van der Waals surface area contributed by atoms with Gasteiger partial charge in [-0.3, -0.25) is 14.7 Å². The first-order valence-electron chi connectivity index (χ1n) is 10.7. The number of pyridine rings is 2. The molecule has 2 amide bonds. The highest BCUT2D eigenvalue weighted by Crippen LogP contribution is 2.31. The Hall–Kier alpha value is -3.27.